The van der Waals surface area contributed by atoms with E-state index in [1.54, 1.807) is 13.1 Å². The number of aliphatic hydroxyl groups excluding tert-OH is 1. The lowest BCUT2D eigenvalue weighted by atomic mass is 9.53. The second-order valence-electron chi connectivity index (χ2n) is 14.0. The fourth-order valence-electron chi connectivity index (χ4n) is 9.11. The summed E-state index contributed by atoms with van der Waals surface area (Å²) in [5.74, 6) is -1.06. The van der Waals surface area contributed by atoms with E-state index in [4.69, 9.17) is 9.47 Å². The molecular formula is C35H43NO6. The number of carbonyl (C=O) groups is 2. The van der Waals surface area contributed by atoms with E-state index < -0.39 is 29.7 Å². The molecular weight excluding hydrogens is 530 g/mol. The van der Waals surface area contributed by atoms with Crippen molar-refractivity contribution in [1.29, 1.82) is 0 Å². The van der Waals surface area contributed by atoms with Crippen molar-refractivity contribution in [2.75, 3.05) is 0 Å². The third-order valence-corrected chi connectivity index (χ3v) is 11.3. The minimum absolute atomic E-state index is 0.0866. The van der Waals surface area contributed by atoms with E-state index >= 15 is 0 Å². The maximum Gasteiger partial charge on any atom is 0.340 e. The van der Waals surface area contributed by atoms with Crippen LogP contribution >= 0.6 is 0 Å². The summed E-state index contributed by atoms with van der Waals surface area (Å²) in [5.41, 5.74) is 1.21. The topological polar surface area (TPSA) is 106 Å². The first-order valence-electron chi connectivity index (χ1n) is 15.4. The van der Waals surface area contributed by atoms with Gasteiger partial charge >= 0.3 is 11.9 Å². The Hall–Kier alpha value is -3.03. The summed E-state index contributed by atoms with van der Waals surface area (Å²) >= 11 is 0. The van der Waals surface area contributed by atoms with Crippen LogP contribution in [0.4, 0.5) is 0 Å². The number of para-hydroxylation sites is 1. The van der Waals surface area contributed by atoms with Gasteiger partial charge in [-0.15, -0.1) is 0 Å². The summed E-state index contributed by atoms with van der Waals surface area (Å²) in [7, 11) is 0. The van der Waals surface area contributed by atoms with Crippen LogP contribution in [-0.4, -0.2) is 51.0 Å². The molecule has 2 heterocycles. The molecule has 4 aliphatic rings. The van der Waals surface area contributed by atoms with Crippen LogP contribution in [0.15, 0.2) is 60.3 Å². The second-order valence-corrected chi connectivity index (χ2v) is 14.0. The van der Waals surface area contributed by atoms with Crippen molar-refractivity contribution in [3.8, 4) is 0 Å². The van der Waals surface area contributed by atoms with Gasteiger partial charge in [-0.1, -0.05) is 57.2 Å². The van der Waals surface area contributed by atoms with Gasteiger partial charge in [0, 0.05) is 23.4 Å². The largest absolute Gasteiger partial charge is 0.460 e. The number of aliphatic hydroxyl groups is 2. The Kier molecular flexibility index (Phi) is 7.13. The van der Waals surface area contributed by atoms with Gasteiger partial charge in [0.25, 0.3) is 0 Å². The molecule has 3 fully saturated rings. The van der Waals surface area contributed by atoms with Gasteiger partial charge < -0.3 is 19.7 Å². The van der Waals surface area contributed by atoms with Crippen LogP contribution in [0.3, 0.4) is 0 Å². The number of ether oxygens (including phenoxy) is 2. The molecule has 6 rings (SSSR count). The molecule has 2 aromatic rings. The van der Waals surface area contributed by atoms with E-state index in [9.17, 15) is 19.8 Å². The molecule has 0 bridgehead atoms. The van der Waals surface area contributed by atoms with Gasteiger partial charge in [-0.05, 0) is 86.3 Å². The Morgan fingerprint density at radius 3 is 2.67 bits per heavy atom. The van der Waals surface area contributed by atoms with Crippen molar-refractivity contribution < 1.29 is 29.3 Å². The fourth-order valence-corrected chi connectivity index (χ4v) is 9.11. The second kappa shape index (κ2) is 10.3. The normalized spacial score (nSPS) is 39.9. The molecule has 2 N–H and O–H groups in total. The molecule has 1 aliphatic heterocycles. The number of hydrogen-bond acceptors (Lipinski definition) is 7. The Balaban J connectivity index is 1.32. The Morgan fingerprint density at radius 2 is 1.93 bits per heavy atom. The van der Waals surface area contributed by atoms with Gasteiger partial charge in [0.2, 0.25) is 0 Å². The van der Waals surface area contributed by atoms with E-state index in [0.29, 0.717) is 17.6 Å². The van der Waals surface area contributed by atoms with E-state index in [1.165, 1.54) is 5.57 Å². The van der Waals surface area contributed by atoms with Crippen LogP contribution in [0.2, 0.25) is 0 Å². The molecule has 42 heavy (non-hydrogen) atoms. The monoisotopic (exact) mass is 573 g/mol. The van der Waals surface area contributed by atoms with Crippen molar-refractivity contribution in [2.45, 2.75) is 84.2 Å². The molecule has 0 amide bonds. The maximum atomic E-state index is 13.5. The van der Waals surface area contributed by atoms with Crippen LogP contribution in [0.25, 0.3) is 10.9 Å². The first kappa shape index (κ1) is 29.1. The average molecular weight is 574 g/mol. The number of carbonyl (C=O) groups excluding carboxylic acids is 2. The molecule has 10 atom stereocenters. The smallest absolute Gasteiger partial charge is 0.340 e. The number of fused-ring (bicyclic) bond motifs is 4. The fraction of sp³-hybridized carbons (Fsp3) is 0.571. The zero-order valence-electron chi connectivity index (χ0n) is 25.2. The predicted octanol–water partition coefficient (Wildman–Crippen LogP) is 5.64. The maximum absolute atomic E-state index is 13.5. The van der Waals surface area contributed by atoms with Crippen LogP contribution in [-0.2, 0) is 14.3 Å². The third kappa shape index (κ3) is 4.43. The van der Waals surface area contributed by atoms with Crippen LogP contribution < -0.4 is 0 Å². The van der Waals surface area contributed by atoms with Crippen LogP contribution in [0.1, 0.15) is 70.7 Å². The first-order chi connectivity index (χ1) is 19.8. The molecule has 2 saturated carbocycles. The molecule has 224 valence electrons. The quantitative estimate of drug-likeness (QED) is 0.361. The van der Waals surface area contributed by atoms with Crippen LogP contribution in [0, 0.1) is 40.9 Å². The molecule has 1 aromatic carbocycles. The number of hydrogen-bond donors (Lipinski definition) is 2. The molecule has 1 saturated heterocycles. The summed E-state index contributed by atoms with van der Waals surface area (Å²) < 4.78 is 11.7. The highest BCUT2D eigenvalue weighted by Gasteiger charge is 2.62. The lowest BCUT2D eigenvalue weighted by Gasteiger charge is -2.54. The summed E-state index contributed by atoms with van der Waals surface area (Å²) in [6, 6.07) is 9.56. The van der Waals surface area contributed by atoms with Gasteiger partial charge in [0.1, 0.15) is 17.8 Å². The molecule has 3 aliphatic carbocycles. The molecule has 0 spiro atoms. The number of benzene rings is 1. The Morgan fingerprint density at radius 1 is 1.19 bits per heavy atom. The highest BCUT2D eigenvalue weighted by molar-refractivity contribution is 5.93. The van der Waals surface area contributed by atoms with Crippen molar-refractivity contribution in [1.82, 2.24) is 4.98 Å². The summed E-state index contributed by atoms with van der Waals surface area (Å²) in [6.07, 6.45) is 4.13. The molecule has 7 nitrogen and oxygen atoms in total. The number of esters is 2. The SMILES string of the molecule is C=C1C2CC3C(C(C)C)C(OC(=O)c4cnc5ccccc5c4)CC3(C)CC2C(C)=CCC2C(C)OC(=O)C(O)C12O. The zero-order chi connectivity index (χ0) is 30.1. The van der Waals surface area contributed by atoms with Crippen molar-refractivity contribution in [3.05, 3.63) is 65.9 Å². The van der Waals surface area contributed by atoms with E-state index in [2.05, 4.69) is 45.3 Å². The zero-order valence-corrected chi connectivity index (χ0v) is 25.2. The number of nitrogens with zero attached hydrogens (tertiary/aromatic N) is 1. The lowest BCUT2D eigenvalue weighted by Crippen LogP contribution is -2.63. The van der Waals surface area contributed by atoms with Crippen LogP contribution in [0.5, 0.6) is 0 Å². The minimum Gasteiger partial charge on any atom is -0.460 e. The van der Waals surface area contributed by atoms with Gasteiger partial charge in [-0.3, -0.25) is 4.98 Å². The first-order valence-corrected chi connectivity index (χ1v) is 15.4. The summed E-state index contributed by atoms with van der Waals surface area (Å²) in [5, 5.41) is 24.0. The standard InChI is InChI=1S/C35H43NO6/c1-18(2)30-27-14-24-20(4)35(40)26(21(5)41-33(39)31(35)37)12-11-19(3)25(24)15-34(27,6)16-29(30)42-32(38)23-13-22-9-7-8-10-28(22)36-17-23/h7-11,13,17-18,21,24-27,29-31,37,40H,4,12,14-16H2,1-3,5-6H3. The number of allylic oxidation sites excluding steroid dienone is 2. The van der Waals surface area contributed by atoms with E-state index in [1.807, 2.05) is 30.3 Å². The Bertz CT molecular complexity index is 1460. The highest BCUT2D eigenvalue weighted by Crippen LogP contribution is 2.63. The number of pyridine rings is 1. The number of aromatic nitrogens is 1. The minimum atomic E-state index is -1.76. The Labute approximate surface area is 248 Å². The van der Waals surface area contributed by atoms with Gasteiger partial charge in [0.05, 0.1) is 11.1 Å². The molecule has 1 aromatic heterocycles. The molecule has 7 heteroatoms. The summed E-state index contributed by atoms with van der Waals surface area (Å²) in [4.78, 5) is 30.5. The number of cyclic esters (lactones) is 1. The number of rotatable bonds is 3. The van der Waals surface area contributed by atoms with Gasteiger partial charge in [0.15, 0.2) is 6.10 Å². The van der Waals surface area contributed by atoms with E-state index in [-0.39, 0.29) is 47.1 Å². The van der Waals surface area contributed by atoms with Gasteiger partial charge in [-0.2, -0.15) is 0 Å². The predicted molar refractivity (Wildman–Crippen MR) is 159 cm³/mol. The van der Waals surface area contributed by atoms with Crippen molar-refractivity contribution >= 4 is 22.8 Å². The highest BCUT2D eigenvalue weighted by atomic mass is 16.6. The van der Waals surface area contributed by atoms with Crippen molar-refractivity contribution in [2.24, 2.45) is 40.9 Å². The van der Waals surface area contributed by atoms with Crippen molar-refractivity contribution in [3.63, 3.8) is 0 Å². The molecule has 10 unspecified atom stereocenters. The lowest BCUT2D eigenvalue weighted by molar-refractivity contribution is -0.209. The average Bonchev–Trinajstić information content (AvgIpc) is 3.24. The molecule has 0 radical (unpaired) electrons. The van der Waals surface area contributed by atoms with Gasteiger partial charge in [-0.25, -0.2) is 9.59 Å². The third-order valence-electron chi connectivity index (χ3n) is 11.3. The summed E-state index contributed by atoms with van der Waals surface area (Å²) in [6.45, 7) is 15.0. The van der Waals surface area contributed by atoms with E-state index in [0.717, 1.165) is 30.2 Å².